The molecule has 0 spiro atoms. The van der Waals surface area contributed by atoms with Crippen LogP contribution in [0.2, 0.25) is 0 Å². The van der Waals surface area contributed by atoms with Gasteiger partial charge in [0.25, 0.3) is 0 Å². The van der Waals surface area contributed by atoms with Gasteiger partial charge >= 0.3 is 0 Å². The minimum atomic E-state index is -0.248. The van der Waals surface area contributed by atoms with Gasteiger partial charge in [-0.15, -0.1) is 0 Å². The van der Waals surface area contributed by atoms with Crippen LogP contribution in [-0.4, -0.2) is 0 Å². The molecule has 0 aliphatic heterocycles. The van der Waals surface area contributed by atoms with Crippen LogP contribution >= 0.6 is 0 Å². The van der Waals surface area contributed by atoms with Crippen molar-refractivity contribution in [2.75, 3.05) is 0 Å². The number of hydrogen-bond donors (Lipinski definition) is 0. The first-order valence-electron chi connectivity index (χ1n) is 14.5. The van der Waals surface area contributed by atoms with Crippen molar-refractivity contribution in [3.8, 4) is 22.3 Å². The van der Waals surface area contributed by atoms with Gasteiger partial charge in [-0.1, -0.05) is 138 Å². The fourth-order valence-corrected chi connectivity index (χ4v) is 6.05. The van der Waals surface area contributed by atoms with E-state index in [4.69, 9.17) is 0 Å². The lowest BCUT2D eigenvalue weighted by Gasteiger charge is -2.27. The Morgan fingerprint density at radius 3 is 1.90 bits per heavy atom. The average Bonchev–Trinajstić information content (AvgIpc) is 2.96. The molecule has 0 amide bonds. The van der Waals surface area contributed by atoms with E-state index in [2.05, 4.69) is 113 Å². The number of hydrogen-bond acceptors (Lipinski definition) is 0. The number of fused-ring (bicyclic) bond motifs is 3. The topological polar surface area (TPSA) is 0 Å². The van der Waals surface area contributed by atoms with Crippen molar-refractivity contribution < 1.29 is 4.39 Å². The van der Waals surface area contributed by atoms with E-state index in [1.807, 2.05) is 30.3 Å². The summed E-state index contributed by atoms with van der Waals surface area (Å²) in [7, 11) is 0. The van der Waals surface area contributed by atoms with Gasteiger partial charge < -0.3 is 0 Å². The monoisotopic (exact) mass is 536 g/mol. The zero-order valence-electron chi connectivity index (χ0n) is 24.6. The molecule has 0 radical (unpaired) electrons. The summed E-state index contributed by atoms with van der Waals surface area (Å²) in [6.07, 6.45) is 0.809. The van der Waals surface area contributed by atoms with Crippen molar-refractivity contribution >= 4 is 21.5 Å². The third-order valence-electron chi connectivity index (χ3n) is 8.42. The first-order valence-corrected chi connectivity index (χ1v) is 14.5. The Morgan fingerprint density at radius 1 is 0.512 bits per heavy atom. The molecule has 0 aliphatic rings. The van der Waals surface area contributed by atoms with Crippen LogP contribution in [0.1, 0.15) is 51.3 Å². The van der Waals surface area contributed by atoms with Crippen molar-refractivity contribution in [2.24, 2.45) is 0 Å². The van der Waals surface area contributed by atoms with E-state index in [0.29, 0.717) is 0 Å². The van der Waals surface area contributed by atoms with Gasteiger partial charge in [0.15, 0.2) is 0 Å². The fourth-order valence-electron chi connectivity index (χ4n) is 6.05. The van der Waals surface area contributed by atoms with Gasteiger partial charge in [-0.3, -0.25) is 0 Å². The van der Waals surface area contributed by atoms with Crippen LogP contribution < -0.4 is 0 Å². The molecule has 6 aromatic rings. The van der Waals surface area contributed by atoms with E-state index in [-0.39, 0.29) is 16.6 Å². The molecule has 0 aromatic heterocycles. The normalized spacial score (nSPS) is 12.2. The number of benzene rings is 6. The summed E-state index contributed by atoms with van der Waals surface area (Å²) in [6, 6.07) is 42.4. The van der Waals surface area contributed by atoms with Crippen LogP contribution in [0, 0.1) is 5.82 Å². The first-order chi connectivity index (χ1) is 19.6. The third-order valence-corrected chi connectivity index (χ3v) is 8.42. The minimum absolute atomic E-state index is 0.120. The molecule has 0 saturated carbocycles. The summed E-state index contributed by atoms with van der Waals surface area (Å²) in [5.74, 6) is -0.193. The van der Waals surface area contributed by atoms with Gasteiger partial charge in [0.05, 0.1) is 0 Å². The second-order valence-electron chi connectivity index (χ2n) is 13.0. The molecule has 0 fully saturated rings. The largest absolute Gasteiger partial charge is 0.207 e. The van der Waals surface area contributed by atoms with Crippen LogP contribution in [0.25, 0.3) is 43.8 Å². The van der Waals surface area contributed by atoms with E-state index in [0.717, 1.165) is 23.1 Å². The van der Waals surface area contributed by atoms with Gasteiger partial charge in [0.1, 0.15) is 5.82 Å². The summed E-state index contributed by atoms with van der Waals surface area (Å²) < 4.78 is 14.8. The van der Waals surface area contributed by atoms with E-state index in [1.54, 1.807) is 12.1 Å². The molecule has 6 rings (SSSR count). The smallest absolute Gasteiger partial charge is 0.124 e. The maximum atomic E-state index is 14.8. The highest BCUT2D eigenvalue weighted by atomic mass is 19.1. The average molecular weight is 537 g/mol. The van der Waals surface area contributed by atoms with Crippen LogP contribution in [0.5, 0.6) is 0 Å². The molecule has 0 atom stereocenters. The van der Waals surface area contributed by atoms with Crippen molar-refractivity contribution in [3.05, 3.63) is 144 Å². The Bertz CT molecular complexity index is 1850. The third kappa shape index (κ3) is 5.42. The molecule has 0 unspecified atom stereocenters. The van der Waals surface area contributed by atoms with Crippen molar-refractivity contribution in [3.63, 3.8) is 0 Å². The molecule has 0 bridgehead atoms. The standard InChI is InChI=1S/C40H37F/c1-39(2,3)32-18-16-29(17-19-32)38-24-31-21-27(15-20-35(31)36-13-9-10-14-37(36)38)26-40(4,5)33-22-30(23-34(41)25-33)28-11-7-6-8-12-28/h6-25H,26H2,1-5H3. The highest BCUT2D eigenvalue weighted by Crippen LogP contribution is 2.38. The Kier molecular flexibility index (Phi) is 6.78. The SMILES string of the molecule is CC(C)(C)c1ccc(-c2cc3cc(CC(C)(C)c4cc(F)cc(-c5ccccc5)c4)ccc3c3ccccc23)cc1. The highest BCUT2D eigenvalue weighted by molar-refractivity contribution is 6.13. The second kappa shape index (κ2) is 10.3. The molecule has 0 N–H and O–H groups in total. The molecule has 41 heavy (non-hydrogen) atoms. The first kappa shape index (κ1) is 27.0. The quantitative estimate of drug-likeness (QED) is 0.192. The zero-order chi connectivity index (χ0) is 28.8. The molecule has 0 saturated heterocycles. The van der Waals surface area contributed by atoms with Crippen molar-refractivity contribution in [1.82, 2.24) is 0 Å². The zero-order valence-corrected chi connectivity index (χ0v) is 24.6. The van der Waals surface area contributed by atoms with Crippen LogP contribution in [-0.2, 0) is 17.3 Å². The van der Waals surface area contributed by atoms with Gasteiger partial charge in [0.2, 0.25) is 0 Å². The number of halogens is 1. The molecule has 204 valence electrons. The van der Waals surface area contributed by atoms with E-state index >= 15 is 0 Å². The minimum Gasteiger partial charge on any atom is -0.207 e. The summed E-state index contributed by atoms with van der Waals surface area (Å²) in [6.45, 7) is 11.2. The van der Waals surface area contributed by atoms with Gasteiger partial charge in [0, 0.05) is 0 Å². The predicted molar refractivity (Wildman–Crippen MR) is 174 cm³/mol. The summed E-state index contributed by atoms with van der Waals surface area (Å²) in [5, 5.41) is 5.03. The Labute approximate surface area is 243 Å². The molecule has 1 heteroatoms. The van der Waals surface area contributed by atoms with Crippen LogP contribution in [0.4, 0.5) is 4.39 Å². The molecule has 0 aliphatic carbocycles. The van der Waals surface area contributed by atoms with Crippen LogP contribution in [0.15, 0.2) is 121 Å². The lowest BCUT2D eigenvalue weighted by molar-refractivity contribution is 0.516. The summed E-state index contributed by atoms with van der Waals surface area (Å²) in [5.41, 5.74) is 7.90. The lowest BCUT2D eigenvalue weighted by Crippen LogP contribution is -2.21. The summed E-state index contributed by atoms with van der Waals surface area (Å²) in [4.78, 5) is 0. The molecular weight excluding hydrogens is 499 g/mol. The lowest BCUT2D eigenvalue weighted by atomic mass is 9.78. The fraction of sp³-hybridized carbons (Fsp3) is 0.200. The van der Waals surface area contributed by atoms with Gasteiger partial charge in [-0.2, -0.15) is 0 Å². The summed E-state index contributed by atoms with van der Waals surface area (Å²) >= 11 is 0. The second-order valence-corrected chi connectivity index (χ2v) is 13.0. The Morgan fingerprint density at radius 2 is 1.20 bits per heavy atom. The maximum Gasteiger partial charge on any atom is 0.124 e. The Hall–Kier alpha value is -4.23. The van der Waals surface area contributed by atoms with Crippen molar-refractivity contribution in [2.45, 2.75) is 51.9 Å². The molecule has 0 nitrogen and oxygen atoms in total. The van der Waals surface area contributed by atoms with Crippen LogP contribution in [0.3, 0.4) is 0 Å². The number of rotatable bonds is 5. The van der Waals surface area contributed by atoms with Gasteiger partial charge in [-0.05, 0) is 95.9 Å². The van der Waals surface area contributed by atoms with Gasteiger partial charge in [-0.25, -0.2) is 4.39 Å². The Balaban J connectivity index is 1.40. The molecule has 0 heterocycles. The van der Waals surface area contributed by atoms with Crippen molar-refractivity contribution in [1.29, 1.82) is 0 Å². The maximum absolute atomic E-state index is 14.8. The molecule has 6 aromatic carbocycles. The predicted octanol–water partition coefficient (Wildman–Crippen LogP) is 11.3. The van der Waals surface area contributed by atoms with E-state index in [1.165, 1.54) is 43.8 Å². The van der Waals surface area contributed by atoms with E-state index in [9.17, 15) is 4.39 Å². The van der Waals surface area contributed by atoms with E-state index < -0.39 is 0 Å². The molecular formula is C40H37F. The highest BCUT2D eigenvalue weighted by Gasteiger charge is 2.23.